The van der Waals surface area contributed by atoms with Gasteiger partial charge in [0.15, 0.2) is 0 Å². The number of rotatable bonds is 1. The van der Waals surface area contributed by atoms with Crippen LogP contribution in [0.25, 0.3) is 0 Å². The van der Waals surface area contributed by atoms with Crippen molar-refractivity contribution in [3.05, 3.63) is 34.9 Å². The van der Waals surface area contributed by atoms with Crippen molar-refractivity contribution in [2.75, 3.05) is 0 Å². The van der Waals surface area contributed by atoms with Crippen LogP contribution in [0, 0.1) is 6.92 Å². The van der Waals surface area contributed by atoms with Crippen molar-refractivity contribution < 1.29 is 23.9 Å². The van der Waals surface area contributed by atoms with Gasteiger partial charge in [0.25, 0.3) is 11.8 Å². The van der Waals surface area contributed by atoms with Crippen LogP contribution in [0.5, 0.6) is 0 Å². The van der Waals surface area contributed by atoms with E-state index in [2.05, 4.69) is 0 Å². The lowest BCUT2D eigenvalue weighted by Crippen LogP contribution is -2.57. The lowest BCUT2D eigenvalue weighted by atomic mass is 10.0. The fraction of sp³-hybridized carbons (Fsp3) is 0.474. The Morgan fingerprint density at radius 2 is 1.88 bits per heavy atom. The maximum atomic E-state index is 12.8. The summed E-state index contributed by atoms with van der Waals surface area (Å²) in [6.45, 7) is 7.20. The molecule has 0 bridgehead atoms. The van der Waals surface area contributed by atoms with Gasteiger partial charge in [-0.3, -0.25) is 14.4 Å². The predicted octanol–water partition coefficient (Wildman–Crippen LogP) is 2.40. The topological polar surface area (TPSA) is 84.0 Å². The molecule has 0 N–H and O–H groups in total. The summed E-state index contributed by atoms with van der Waals surface area (Å²) in [5, 5.41) is 0. The van der Waals surface area contributed by atoms with Gasteiger partial charge in [-0.05, 0) is 45.7 Å². The molecule has 1 aromatic carbocycles. The van der Waals surface area contributed by atoms with Gasteiger partial charge in [-0.1, -0.05) is 17.7 Å². The van der Waals surface area contributed by atoms with Crippen molar-refractivity contribution in [3.63, 3.8) is 0 Å². The molecule has 1 atom stereocenters. The van der Waals surface area contributed by atoms with Gasteiger partial charge in [-0.15, -0.1) is 0 Å². The fourth-order valence-electron chi connectivity index (χ4n) is 3.28. The van der Waals surface area contributed by atoms with E-state index >= 15 is 0 Å². The first kappa shape index (κ1) is 18.1. The Kier molecular flexibility index (Phi) is 4.34. The van der Waals surface area contributed by atoms with E-state index in [4.69, 9.17) is 4.74 Å². The minimum Gasteiger partial charge on any atom is -0.443 e. The molecule has 1 unspecified atom stereocenters. The number of fused-ring (bicyclic) bond motifs is 1. The van der Waals surface area contributed by atoms with E-state index < -0.39 is 29.6 Å². The zero-order valence-electron chi connectivity index (χ0n) is 15.4. The van der Waals surface area contributed by atoms with Crippen molar-refractivity contribution >= 4 is 23.8 Å². The average molecular weight is 358 g/mol. The normalized spacial score (nSPS) is 20.5. The van der Waals surface area contributed by atoms with Crippen LogP contribution in [-0.2, 0) is 20.9 Å². The third kappa shape index (κ3) is 3.21. The minimum absolute atomic E-state index is 0.00873. The molecule has 7 heteroatoms. The number of carbonyl (C=O) groups excluding carboxylic acids is 4. The van der Waals surface area contributed by atoms with E-state index in [1.54, 1.807) is 26.8 Å². The highest BCUT2D eigenvalue weighted by Crippen LogP contribution is 2.30. The molecule has 0 spiro atoms. The van der Waals surface area contributed by atoms with Crippen LogP contribution >= 0.6 is 0 Å². The molecule has 1 aromatic rings. The van der Waals surface area contributed by atoms with Crippen LogP contribution < -0.4 is 0 Å². The molecule has 1 saturated heterocycles. The summed E-state index contributed by atoms with van der Waals surface area (Å²) in [6, 6.07) is 4.66. The first-order valence-electron chi connectivity index (χ1n) is 8.59. The smallest absolute Gasteiger partial charge is 0.424 e. The summed E-state index contributed by atoms with van der Waals surface area (Å²) in [6.07, 6.45) is -0.776. The molecule has 2 aliphatic rings. The molecule has 0 saturated carbocycles. The number of amides is 4. The van der Waals surface area contributed by atoms with Crippen molar-refractivity contribution in [2.24, 2.45) is 0 Å². The molecule has 0 aliphatic carbocycles. The summed E-state index contributed by atoms with van der Waals surface area (Å²) < 4.78 is 5.18. The first-order valence-corrected chi connectivity index (χ1v) is 8.59. The van der Waals surface area contributed by atoms with E-state index in [9.17, 15) is 19.2 Å². The summed E-state index contributed by atoms with van der Waals surface area (Å²) in [5.41, 5.74) is 1.61. The molecular weight excluding hydrogens is 336 g/mol. The second kappa shape index (κ2) is 6.23. The molecule has 3 rings (SSSR count). The number of ether oxygens (including phenoxy) is 1. The average Bonchev–Trinajstić information content (AvgIpc) is 2.82. The van der Waals surface area contributed by atoms with Gasteiger partial charge in [-0.2, -0.15) is 4.90 Å². The lowest BCUT2D eigenvalue weighted by molar-refractivity contribution is -0.150. The molecular formula is C19H22N2O5. The SMILES string of the molecule is Cc1ccc2c(c1)CN(C1CCC(=O)N(C(=O)OC(C)(C)C)C1=O)C2=O. The number of hydrogen-bond acceptors (Lipinski definition) is 5. The fourth-order valence-corrected chi connectivity index (χ4v) is 3.28. The number of imide groups is 3. The molecule has 2 aliphatic heterocycles. The number of aryl methyl sites for hydroxylation is 1. The van der Waals surface area contributed by atoms with Crippen molar-refractivity contribution in [3.8, 4) is 0 Å². The molecule has 7 nitrogen and oxygen atoms in total. The number of nitrogens with zero attached hydrogens (tertiary/aromatic N) is 2. The number of hydrogen-bond donors (Lipinski definition) is 0. The quantitative estimate of drug-likeness (QED) is 0.720. The number of likely N-dealkylation sites (tertiary alicyclic amines) is 1. The molecule has 26 heavy (non-hydrogen) atoms. The van der Waals surface area contributed by atoms with Gasteiger partial charge in [0.1, 0.15) is 11.6 Å². The van der Waals surface area contributed by atoms with Gasteiger partial charge in [0.2, 0.25) is 5.91 Å². The van der Waals surface area contributed by atoms with Crippen molar-refractivity contribution in [1.29, 1.82) is 0 Å². The Balaban J connectivity index is 1.84. The largest absolute Gasteiger partial charge is 0.443 e. The predicted molar refractivity (Wildman–Crippen MR) is 92.2 cm³/mol. The Hall–Kier alpha value is -2.70. The summed E-state index contributed by atoms with van der Waals surface area (Å²) in [7, 11) is 0. The highest BCUT2D eigenvalue weighted by molar-refractivity contribution is 6.13. The van der Waals surface area contributed by atoms with E-state index in [1.807, 2.05) is 19.1 Å². The Labute approximate surface area is 151 Å². The second-order valence-electron chi connectivity index (χ2n) is 7.70. The second-order valence-corrected chi connectivity index (χ2v) is 7.70. The number of piperidine rings is 1. The van der Waals surface area contributed by atoms with Crippen LogP contribution in [0.15, 0.2) is 18.2 Å². The van der Waals surface area contributed by atoms with Crippen molar-refractivity contribution in [2.45, 2.75) is 58.7 Å². The van der Waals surface area contributed by atoms with Crippen LogP contribution in [0.4, 0.5) is 4.79 Å². The van der Waals surface area contributed by atoms with Crippen LogP contribution in [0.3, 0.4) is 0 Å². The first-order chi connectivity index (χ1) is 12.1. The Bertz CT molecular complexity index is 809. The van der Waals surface area contributed by atoms with Gasteiger partial charge < -0.3 is 9.64 Å². The molecule has 0 radical (unpaired) electrons. The Morgan fingerprint density at radius 1 is 1.19 bits per heavy atom. The van der Waals surface area contributed by atoms with Crippen molar-refractivity contribution in [1.82, 2.24) is 9.80 Å². The molecule has 0 aromatic heterocycles. The Morgan fingerprint density at radius 3 is 2.54 bits per heavy atom. The zero-order valence-corrected chi connectivity index (χ0v) is 15.4. The molecule has 138 valence electrons. The van der Waals surface area contributed by atoms with Gasteiger partial charge >= 0.3 is 6.09 Å². The number of benzene rings is 1. The van der Waals surface area contributed by atoms with Gasteiger partial charge in [-0.25, -0.2) is 4.79 Å². The van der Waals surface area contributed by atoms with Crippen LogP contribution in [0.2, 0.25) is 0 Å². The standard InChI is InChI=1S/C19H22N2O5/c1-11-5-6-13-12(9-11)10-20(16(13)23)14-7-8-15(22)21(17(14)24)18(25)26-19(2,3)4/h5-6,9,14H,7-8,10H2,1-4H3. The highest BCUT2D eigenvalue weighted by atomic mass is 16.6. The molecule has 2 heterocycles. The van der Waals surface area contributed by atoms with Crippen LogP contribution in [-0.4, -0.2) is 45.3 Å². The molecule has 1 fully saturated rings. The summed E-state index contributed by atoms with van der Waals surface area (Å²) >= 11 is 0. The third-order valence-electron chi connectivity index (χ3n) is 4.43. The van der Waals surface area contributed by atoms with E-state index in [-0.39, 0.29) is 18.7 Å². The molecule has 4 amide bonds. The van der Waals surface area contributed by atoms with Crippen LogP contribution in [0.1, 0.15) is 55.1 Å². The monoisotopic (exact) mass is 358 g/mol. The third-order valence-corrected chi connectivity index (χ3v) is 4.43. The number of carbonyl (C=O) groups is 4. The summed E-state index contributed by atoms with van der Waals surface area (Å²) in [5.74, 6) is -1.55. The maximum absolute atomic E-state index is 12.8. The van der Waals surface area contributed by atoms with E-state index in [1.165, 1.54) is 4.90 Å². The van der Waals surface area contributed by atoms with Gasteiger partial charge in [0, 0.05) is 18.5 Å². The minimum atomic E-state index is -0.989. The maximum Gasteiger partial charge on any atom is 0.424 e. The van der Waals surface area contributed by atoms with Gasteiger partial charge in [0.05, 0.1) is 0 Å². The summed E-state index contributed by atoms with van der Waals surface area (Å²) in [4.78, 5) is 51.9. The lowest BCUT2D eigenvalue weighted by Gasteiger charge is -2.35. The zero-order chi connectivity index (χ0) is 19.2. The van der Waals surface area contributed by atoms with E-state index in [0.29, 0.717) is 17.0 Å². The van der Waals surface area contributed by atoms with E-state index in [0.717, 1.165) is 11.1 Å². The highest BCUT2D eigenvalue weighted by Gasteiger charge is 2.46.